The zero-order chi connectivity index (χ0) is 37.4. The van der Waals surface area contributed by atoms with Gasteiger partial charge < -0.3 is 31.1 Å². The molecule has 4 radical (unpaired) electrons. The number of rotatable bonds is 11. The number of likely N-dealkylation sites (tertiary alicyclic amines) is 1. The molecule has 270 valence electrons. The molecule has 2 aliphatic carbocycles. The summed E-state index contributed by atoms with van der Waals surface area (Å²) in [4.78, 5) is 45.6. The number of para-hydroxylation sites is 1. The van der Waals surface area contributed by atoms with Crippen molar-refractivity contribution in [3.8, 4) is 11.1 Å². The molecular formula is C37H43B2N11O3. The first-order valence-corrected chi connectivity index (χ1v) is 18.1. The Morgan fingerprint density at radius 2 is 1.74 bits per heavy atom. The van der Waals surface area contributed by atoms with E-state index in [-0.39, 0.29) is 47.2 Å². The van der Waals surface area contributed by atoms with Crippen LogP contribution in [0.5, 0.6) is 0 Å². The first-order valence-electron chi connectivity index (χ1n) is 18.1. The smallest absolute Gasteiger partial charge is 0.274 e. The van der Waals surface area contributed by atoms with Crippen LogP contribution in [0.4, 0.5) is 22.9 Å². The van der Waals surface area contributed by atoms with Gasteiger partial charge in [-0.15, -0.1) is 10.2 Å². The number of nitrogens with one attached hydrogen (secondary N) is 4. The SMILES string of the molecule is CNC.[B]C([B])(c1cccc(C=O)n1)N1CC(n2ncc3c2C(CC)N(C)c2c(Nc4cc(NC(=O)C5CC5)nnc4C(=O)NC4CC4)cccc2-3)C1. The molecule has 14 nitrogen and oxygen atoms in total. The van der Waals surface area contributed by atoms with Crippen molar-refractivity contribution in [1.29, 1.82) is 0 Å². The van der Waals surface area contributed by atoms with Gasteiger partial charge in [-0.1, -0.05) is 25.1 Å². The Hall–Kier alpha value is -5.08. The predicted octanol–water partition coefficient (Wildman–Crippen LogP) is 3.27. The van der Waals surface area contributed by atoms with E-state index in [1.165, 1.54) is 0 Å². The molecule has 1 aromatic carbocycles. The van der Waals surface area contributed by atoms with E-state index >= 15 is 0 Å². The van der Waals surface area contributed by atoms with Crippen LogP contribution < -0.4 is 26.2 Å². The monoisotopic (exact) mass is 711 g/mol. The van der Waals surface area contributed by atoms with Crippen LogP contribution in [0.2, 0.25) is 0 Å². The summed E-state index contributed by atoms with van der Waals surface area (Å²) in [7, 11) is 19.0. The van der Waals surface area contributed by atoms with Gasteiger partial charge in [0.05, 0.1) is 56.7 Å². The zero-order valence-corrected chi connectivity index (χ0v) is 30.5. The lowest BCUT2D eigenvalue weighted by atomic mass is 9.57. The molecule has 1 saturated heterocycles. The second-order valence-corrected chi connectivity index (χ2v) is 14.2. The minimum Gasteiger partial charge on any atom is -0.364 e. The molecule has 3 fully saturated rings. The molecule has 5 heterocycles. The van der Waals surface area contributed by atoms with Crippen molar-refractivity contribution >= 4 is 56.7 Å². The molecule has 8 rings (SSSR count). The molecule has 0 spiro atoms. The van der Waals surface area contributed by atoms with Crippen LogP contribution in [0.3, 0.4) is 0 Å². The Bertz CT molecular complexity index is 2020. The quantitative estimate of drug-likeness (QED) is 0.134. The average molecular weight is 711 g/mol. The van der Waals surface area contributed by atoms with Crippen molar-refractivity contribution in [2.45, 2.75) is 62.5 Å². The number of aldehydes is 1. The third-order valence-corrected chi connectivity index (χ3v) is 10.1. The summed E-state index contributed by atoms with van der Waals surface area (Å²) in [6, 6.07) is 12.9. The number of benzene rings is 1. The summed E-state index contributed by atoms with van der Waals surface area (Å²) in [5.74, 6) is -0.108. The predicted molar refractivity (Wildman–Crippen MR) is 205 cm³/mol. The molecule has 4 aliphatic rings. The van der Waals surface area contributed by atoms with Crippen LogP contribution in [0.25, 0.3) is 11.1 Å². The maximum absolute atomic E-state index is 13.3. The van der Waals surface area contributed by atoms with Gasteiger partial charge in [-0.2, -0.15) is 5.10 Å². The number of pyridine rings is 1. The largest absolute Gasteiger partial charge is 0.364 e. The van der Waals surface area contributed by atoms with E-state index in [0.29, 0.717) is 36.6 Å². The Labute approximate surface area is 311 Å². The van der Waals surface area contributed by atoms with E-state index in [2.05, 4.69) is 66.1 Å². The summed E-state index contributed by atoms with van der Waals surface area (Å²) in [5.41, 5.74) is 6.19. The molecule has 16 heteroatoms. The number of nitrogens with zero attached hydrogens (tertiary/aromatic N) is 7. The maximum atomic E-state index is 13.3. The second-order valence-electron chi connectivity index (χ2n) is 14.2. The molecule has 2 saturated carbocycles. The van der Waals surface area contributed by atoms with E-state index in [1.54, 1.807) is 24.3 Å². The highest BCUT2D eigenvalue weighted by Gasteiger charge is 2.43. The average Bonchev–Trinajstić information content (AvgIpc) is 4.07. The first kappa shape index (κ1) is 36.3. The van der Waals surface area contributed by atoms with Crippen molar-refractivity contribution in [1.82, 2.24) is 40.5 Å². The van der Waals surface area contributed by atoms with Crippen molar-refractivity contribution in [3.63, 3.8) is 0 Å². The number of anilines is 4. The topological polar surface area (TPSA) is 162 Å². The van der Waals surface area contributed by atoms with Gasteiger partial charge in [-0.3, -0.25) is 19.1 Å². The number of hydrogen-bond acceptors (Lipinski definition) is 11. The van der Waals surface area contributed by atoms with Crippen molar-refractivity contribution in [2.24, 2.45) is 5.92 Å². The number of fused-ring (bicyclic) bond motifs is 3. The minimum atomic E-state index is -1.34. The number of hydrogen-bond donors (Lipinski definition) is 4. The van der Waals surface area contributed by atoms with Gasteiger partial charge in [0.25, 0.3) is 5.91 Å². The molecule has 1 unspecified atom stereocenters. The van der Waals surface area contributed by atoms with Gasteiger partial charge in [-0.25, -0.2) is 4.98 Å². The molecule has 3 aromatic heterocycles. The molecule has 1 atom stereocenters. The number of carbonyl (C=O) groups excluding carboxylic acids is 3. The highest BCUT2D eigenvalue weighted by molar-refractivity contribution is 6.39. The van der Waals surface area contributed by atoms with Gasteiger partial charge >= 0.3 is 0 Å². The van der Waals surface area contributed by atoms with E-state index in [4.69, 9.17) is 20.8 Å². The summed E-state index contributed by atoms with van der Waals surface area (Å²) in [6.07, 6.45) is 7.00. The molecule has 4 aromatic rings. The highest BCUT2D eigenvalue weighted by Crippen LogP contribution is 2.50. The van der Waals surface area contributed by atoms with Crippen molar-refractivity contribution in [2.75, 3.05) is 49.8 Å². The third kappa shape index (κ3) is 7.17. The van der Waals surface area contributed by atoms with Crippen molar-refractivity contribution in [3.05, 3.63) is 71.4 Å². The van der Waals surface area contributed by atoms with Crippen LogP contribution in [-0.2, 0) is 10.1 Å². The highest BCUT2D eigenvalue weighted by atomic mass is 16.2. The molecule has 0 bridgehead atoms. The fourth-order valence-corrected chi connectivity index (χ4v) is 6.98. The second kappa shape index (κ2) is 14.7. The van der Waals surface area contributed by atoms with Gasteiger partial charge in [0.2, 0.25) is 5.91 Å². The third-order valence-electron chi connectivity index (χ3n) is 10.1. The molecule has 2 aliphatic heterocycles. The number of carbonyl (C=O) groups is 3. The lowest BCUT2D eigenvalue weighted by Crippen LogP contribution is -2.60. The standard InChI is InChI=1S/C35H36B2N10O3.C2H7N/c1-3-27-32-24(15-38-47(32)22-16-46(17-22)35(36,37)28-9-4-6-21(18-48)39-28)23-7-5-8-25(31(23)45(27)2)41-26-14-29(42-33(49)19-10-11-19)43-44-30(26)34(50)40-20-12-13-20;1-3-2/h4-9,14-15,18-20,22,27H,3,10-13,16-17H2,1-2H3,(H,40,50)(H2,41,42,43,49);3H,1-2H3. The van der Waals surface area contributed by atoms with E-state index in [0.717, 1.165) is 60.3 Å². The summed E-state index contributed by atoms with van der Waals surface area (Å²) >= 11 is 0. The van der Waals surface area contributed by atoms with Crippen LogP contribution >= 0.6 is 0 Å². The van der Waals surface area contributed by atoms with E-state index in [1.807, 2.05) is 37.3 Å². The Balaban J connectivity index is 0.00000140. The van der Waals surface area contributed by atoms with Crippen LogP contribution in [0, 0.1) is 5.92 Å². The zero-order valence-electron chi connectivity index (χ0n) is 30.5. The van der Waals surface area contributed by atoms with Gasteiger partial charge in [0, 0.05) is 55.0 Å². The Kier molecular flexibility index (Phi) is 10.1. The van der Waals surface area contributed by atoms with Crippen molar-refractivity contribution < 1.29 is 14.4 Å². The molecule has 2 amide bonds. The van der Waals surface area contributed by atoms with Gasteiger partial charge in [0.15, 0.2) is 17.8 Å². The minimum absolute atomic E-state index is 0.00408. The number of aromatic nitrogens is 5. The van der Waals surface area contributed by atoms with E-state index in [9.17, 15) is 14.4 Å². The lowest BCUT2D eigenvalue weighted by Gasteiger charge is -2.50. The fourth-order valence-electron chi connectivity index (χ4n) is 6.98. The fraction of sp³-hybridized carbons (Fsp3) is 0.432. The number of amides is 2. The van der Waals surface area contributed by atoms with Crippen LogP contribution in [-0.4, -0.2) is 104 Å². The van der Waals surface area contributed by atoms with E-state index < -0.39 is 5.34 Å². The Morgan fingerprint density at radius 1 is 1.00 bits per heavy atom. The molecular weight excluding hydrogens is 668 g/mol. The molecule has 4 N–H and O–H groups in total. The van der Waals surface area contributed by atoms with Crippen LogP contribution in [0.1, 0.15) is 83.5 Å². The van der Waals surface area contributed by atoms with Gasteiger partial charge in [0.1, 0.15) is 5.69 Å². The van der Waals surface area contributed by atoms with Gasteiger partial charge in [-0.05, 0) is 69.7 Å². The first-order chi connectivity index (χ1) is 25.6. The normalized spacial score (nSPS) is 18.1. The lowest BCUT2D eigenvalue weighted by molar-refractivity contribution is -0.117. The summed E-state index contributed by atoms with van der Waals surface area (Å²) in [6.45, 7) is 3.26. The summed E-state index contributed by atoms with van der Waals surface area (Å²) in [5, 5.41) is 24.1. The van der Waals surface area contributed by atoms with Crippen LogP contribution in [0.15, 0.2) is 48.7 Å². The Morgan fingerprint density at radius 3 is 2.42 bits per heavy atom. The maximum Gasteiger partial charge on any atom is 0.274 e. The summed E-state index contributed by atoms with van der Waals surface area (Å²) < 4.78 is 2.09. The molecule has 53 heavy (non-hydrogen) atoms.